The molecule has 0 spiro atoms. The molecule has 0 aromatic rings. The number of piperidine rings is 1. The smallest absolute Gasteiger partial charge is 0.234 e. The van der Waals surface area contributed by atoms with Crippen LogP contribution in [0.15, 0.2) is 0 Å². The molecule has 4 fully saturated rings. The number of piperazine rings is 1. The molecule has 0 bridgehead atoms. The van der Waals surface area contributed by atoms with Crippen molar-refractivity contribution < 1.29 is 4.79 Å². The van der Waals surface area contributed by atoms with Crippen molar-refractivity contribution in [2.45, 2.75) is 50.4 Å². The second-order valence-corrected chi connectivity index (χ2v) is 8.77. The minimum atomic E-state index is 0.245. The van der Waals surface area contributed by atoms with Gasteiger partial charge in [0.2, 0.25) is 5.91 Å². The Morgan fingerprint density at radius 2 is 1.76 bits per heavy atom. The van der Waals surface area contributed by atoms with Crippen molar-refractivity contribution in [2.75, 3.05) is 53.4 Å². The third-order valence-corrected chi connectivity index (χ3v) is 7.11. The molecular weight excluding hydrogens is 314 g/mol. The SMILES string of the molecule is CN1CCN(CC(=O)NC2C3CCCCC3NC3C2CCN3C)CC1. The van der Waals surface area contributed by atoms with Crippen LogP contribution >= 0.6 is 0 Å². The Hall–Kier alpha value is -0.690. The van der Waals surface area contributed by atoms with Crippen LogP contribution in [0.5, 0.6) is 0 Å². The Bertz CT molecular complexity index is 474. The molecule has 1 aliphatic carbocycles. The molecular formula is C19H35N5O. The highest BCUT2D eigenvalue weighted by atomic mass is 16.2. The molecule has 0 aromatic carbocycles. The molecule has 3 saturated heterocycles. The van der Waals surface area contributed by atoms with E-state index in [1.54, 1.807) is 0 Å². The van der Waals surface area contributed by atoms with Crippen LogP contribution in [-0.4, -0.2) is 92.2 Å². The normalized spacial score (nSPS) is 40.5. The molecule has 3 heterocycles. The van der Waals surface area contributed by atoms with Gasteiger partial charge in [-0.3, -0.25) is 19.9 Å². The van der Waals surface area contributed by atoms with E-state index in [1.807, 2.05) is 0 Å². The number of nitrogens with one attached hydrogen (secondary N) is 2. The second kappa shape index (κ2) is 7.51. The van der Waals surface area contributed by atoms with Gasteiger partial charge in [0.15, 0.2) is 0 Å². The van der Waals surface area contributed by atoms with E-state index < -0.39 is 0 Å². The highest BCUT2D eigenvalue weighted by Gasteiger charge is 2.49. The van der Waals surface area contributed by atoms with E-state index in [0.717, 1.165) is 32.7 Å². The fraction of sp³-hybridized carbons (Fsp3) is 0.947. The Morgan fingerprint density at radius 3 is 2.56 bits per heavy atom. The lowest BCUT2D eigenvalue weighted by Gasteiger charge is -2.49. The van der Waals surface area contributed by atoms with Crippen LogP contribution in [0.25, 0.3) is 0 Å². The van der Waals surface area contributed by atoms with Gasteiger partial charge >= 0.3 is 0 Å². The summed E-state index contributed by atoms with van der Waals surface area (Å²) >= 11 is 0. The topological polar surface area (TPSA) is 50.9 Å². The summed E-state index contributed by atoms with van der Waals surface area (Å²) in [5.41, 5.74) is 0. The number of likely N-dealkylation sites (tertiary alicyclic amines) is 1. The lowest BCUT2D eigenvalue weighted by molar-refractivity contribution is -0.125. The molecule has 1 amide bonds. The third-order valence-electron chi connectivity index (χ3n) is 7.11. The van der Waals surface area contributed by atoms with E-state index in [9.17, 15) is 4.79 Å². The summed E-state index contributed by atoms with van der Waals surface area (Å²) in [6.07, 6.45) is 6.85. The number of rotatable bonds is 3. The number of carbonyl (C=O) groups is 1. The van der Waals surface area contributed by atoms with Gasteiger partial charge < -0.3 is 10.2 Å². The maximum atomic E-state index is 12.8. The molecule has 4 rings (SSSR count). The van der Waals surface area contributed by atoms with Crippen molar-refractivity contribution in [2.24, 2.45) is 11.8 Å². The van der Waals surface area contributed by atoms with E-state index in [2.05, 4.69) is 39.4 Å². The fourth-order valence-corrected chi connectivity index (χ4v) is 5.59. The van der Waals surface area contributed by atoms with Gasteiger partial charge in [-0.05, 0) is 45.8 Å². The van der Waals surface area contributed by atoms with Gasteiger partial charge in [0.25, 0.3) is 0 Å². The van der Waals surface area contributed by atoms with E-state index in [4.69, 9.17) is 0 Å². The van der Waals surface area contributed by atoms with Crippen LogP contribution in [0.1, 0.15) is 32.1 Å². The minimum Gasteiger partial charge on any atom is -0.352 e. The number of amides is 1. The Balaban J connectivity index is 1.40. The largest absolute Gasteiger partial charge is 0.352 e. The van der Waals surface area contributed by atoms with Crippen molar-refractivity contribution in [1.82, 2.24) is 25.3 Å². The average molecular weight is 350 g/mol. The summed E-state index contributed by atoms with van der Waals surface area (Å²) < 4.78 is 0. The molecule has 142 valence electrons. The minimum absolute atomic E-state index is 0.245. The van der Waals surface area contributed by atoms with Gasteiger partial charge in [0.05, 0.1) is 12.7 Å². The van der Waals surface area contributed by atoms with E-state index in [-0.39, 0.29) is 5.91 Å². The first-order valence-electron chi connectivity index (χ1n) is 10.3. The van der Waals surface area contributed by atoms with Crippen LogP contribution in [0, 0.1) is 11.8 Å². The molecule has 4 aliphatic rings. The molecule has 6 nitrogen and oxygen atoms in total. The quantitative estimate of drug-likeness (QED) is 0.760. The number of carbonyl (C=O) groups excluding carboxylic acids is 1. The first kappa shape index (κ1) is 17.7. The van der Waals surface area contributed by atoms with Gasteiger partial charge in [-0.1, -0.05) is 12.8 Å². The van der Waals surface area contributed by atoms with Crippen LogP contribution < -0.4 is 10.6 Å². The number of likely N-dealkylation sites (N-methyl/N-ethyl adjacent to an activating group) is 1. The van der Waals surface area contributed by atoms with Gasteiger partial charge in [0, 0.05) is 44.2 Å². The highest BCUT2D eigenvalue weighted by Crippen LogP contribution is 2.39. The first-order valence-corrected chi connectivity index (χ1v) is 10.3. The number of fused-ring (bicyclic) bond motifs is 2. The van der Waals surface area contributed by atoms with Crippen LogP contribution in [0.2, 0.25) is 0 Å². The van der Waals surface area contributed by atoms with Crippen molar-refractivity contribution in [3.8, 4) is 0 Å². The fourth-order valence-electron chi connectivity index (χ4n) is 5.59. The monoisotopic (exact) mass is 349 g/mol. The predicted molar refractivity (Wildman–Crippen MR) is 99.3 cm³/mol. The van der Waals surface area contributed by atoms with Crippen LogP contribution in [-0.2, 0) is 4.79 Å². The van der Waals surface area contributed by atoms with Crippen molar-refractivity contribution in [1.29, 1.82) is 0 Å². The summed E-state index contributed by atoms with van der Waals surface area (Å²) in [6, 6.07) is 0.950. The van der Waals surface area contributed by atoms with Crippen molar-refractivity contribution in [3.63, 3.8) is 0 Å². The second-order valence-electron chi connectivity index (χ2n) is 8.77. The summed E-state index contributed by atoms with van der Waals surface area (Å²) in [7, 11) is 4.39. The Labute approximate surface area is 152 Å². The summed E-state index contributed by atoms with van der Waals surface area (Å²) in [5.74, 6) is 1.44. The van der Waals surface area contributed by atoms with E-state index in [1.165, 1.54) is 32.1 Å². The number of nitrogens with zero attached hydrogens (tertiary/aromatic N) is 3. The summed E-state index contributed by atoms with van der Waals surface area (Å²) in [6.45, 7) is 5.88. The maximum absolute atomic E-state index is 12.8. The lowest BCUT2D eigenvalue weighted by atomic mass is 9.71. The lowest BCUT2D eigenvalue weighted by Crippen LogP contribution is -2.66. The molecule has 6 heteroatoms. The zero-order valence-corrected chi connectivity index (χ0v) is 15.9. The highest BCUT2D eigenvalue weighted by molar-refractivity contribution is 5.78. The zero-order valence-electron chi connectivity index (χ0n) is 15.9. The third kappa shape index (κ3) is 3.72. The van der Waals surface area contributed by atoms with Crippen molar-refractivity contribution >= 4 is 5.91 Å². The molecule has 3 aliphatic heterocycles. The molecule has 0 aromatic heterocycles. The Morgan fingerprint density at radius 1 is 1.00 bits per heavy atom. The molecule has 2 N–H and O–H groups in total. The molecule has 0 radical (unpaired) electrons. The summed E-state index contributed by atoms with van der Waals surface area (Å²) in [4.78, 5) is 19.9. The van der Waals surface area contributed by atoms with E-state index >= 15 is 0 Å². The van der Waals surface area contributed by atoms with Crippen LogP contribution in [0.4, 0.5) is 0 Å². The first-order chi connectivity index (χ1) is 12.1. The molecule has 1 saturated carbocycles. The number of hydrogen-bond donors (Lipinski definition) is 2. The predicted octanol–water partition coefficient (Wildman–Crippen LogP) is 0.158. The van der Waals surface area contributed by atoms with Gasteiger partial charge in [0.1, 0.15) is 0 Å². The average Bonchev–Trinajstić information content (AvgIpc) is 2.98. The zero-order chi connectivity index (χ0) is 17.4. The van der Waals surface area contributed by atoms with Gasteiger partial charge in [-0.15, -0.1) is 0 Å². The van der Waals surface area contributed by atoms with E-state index in [0.29, 0.717) is 36.6 Å². The molecule has 5 atom stereocenters. The van der Waals surface area contributed by atoms with Gasteiger partial charge in [-0.25, -0.2) is 0 Å². The van der Waals surface area contributed by atoms with Crippen molar-refractivity contribution in [3.05, 3.63) is 0 Å². The van der Waals surface area contributed by atoms with Crippen LogP contribution in [0.3, 0.4) is 0 Å². The number of hydrogen-bond acceptors (Lipinski definition) is 5. The maximum Gasteiger partial charge on any atom is 0.234 e. The molecule has 25 heavy (non-hydrogen) atoms. The molecule has 5 unspecified atom stereocenters. The standard InChI is InChI=1S/C19H35N5O/c1-22-9-11-24(12-10-22)13-17(25)21-18-14-5-3-4-6-16(14)20-19-15(18)7-8-23(19)2/h14-16,18-20H,3-13H2,1-2H3,(H,21,25). The Kier molecular flexibility index (Phi) is 5.32. The summed E-state index contributed by atoms with van der Waals surface area (Å²) in [5, 5.41) is 7.42. The van der Waals surface area contributed by atoms with Gasteiger partial charge in [-0.2, -0.15) is 0 Å².